The van der Waals surface area contributed by atoms with E-state index < -0.39 is 5.54 Å². The summed E-state index contributed by atoms with van der Waals surface area (Å²) in [6.07, 6.45) is 1.94. The Morgan fingerprint density at radius 2 is 1.95 bits per heavy atom. The lowest BCUT2D eigenvalue weighted by molar-refractivity contribution is -0.139. The van der Waals surface area contributed by atoms with Crippen molar-refractivity contribution in [3.63, 3.8) is 0 Å². The van der Waals surface area contributed by atoms with Crippen LogP contribution < -0.4 is 5.32 Å². The van der Waals surface area contributed by atoms with Crippen LogP contribution in [0.15, 0.2) is 24.3 Å². The van der Waals surface area contributed by atoms with E-state index in [4.69, 9.17) is 11.6 Å². The average Bonchev–Trinajstić information content (AvgIpc) is 2.87. The van der Waals surface area contributed by atoms with E-state index >= 15 is 0 Å². The molecule has 0 radical (unpaired) electrons. The maximum absolute atomic E-state index is 12.5. The van der Waals surface area contributed by atoms with Crippen LogP contribution in [0.1, 0.15) is 32.8 Å². The van der Waals surface area contributed by atoms with E-state index in [2.05, 4.69) is 5.32 Å². The molecule has 22 heavy (non-hydrogen) atoms. The smallest absolute Gasteiger partial charge is 0.247 e. The zero-order valence-corrected chi connectivity index (χ0v) is 14.1. The molecule has 2 rings (SSSR count). The van der Waals surface area contributed by atoms with Crippen molar-refractivity contribution in [3.8, 4) is 0 Å². The first-order valence-electron chi connectivity index (χ1n) is 7.60. The van der Waals surface area contributed by atoms with Crippen molar-refractivity contribution < 1.29 is 9.59 Å². The van der Waals surface area contributed by atoms with Crippen LogP contribution in [0, 0.1) is 5.92 Å². The van der Waals surface area contributed by atoms with Crippen LogP contribution in [0.2, 0.25) is 5.02 Å². The van der Waals surface area contributed by atoms with Gasteiger partial charge in [-0.05, 0) is 50.3 Å². The van der Waals surface area contributed by atoms with E-state index in [0.29, 0.717) is 5.92 Å². The van der Waals surface area contributed by atoms with Crippen molar-refractivity contribution in [2.24, 2.45) is 5.92 Å². The molecule has 1 atom stereocenters. The minimum absolute atomic E-state index is 0.0127. The number of nitrogens with zero attached hydrogens (tertiary/aromatic N) is 1. The molecule has 1 saturated heterocycles. The van der Waals surface area contributed by atoms with E-state index in [-0.39, 0.29) is 11.8 Å². The van der Waals surface area contributed by atoms with Gasteiger partial charge < -0.3 is 10.2 Å². The minimum Gasteiger partial charge on any atom is -0.342 e. The minimum atomic E-state index is -0.846. The lowest BCUT2D eigenvalue weighted by Crippen LogP contribution is -2.55. The molecule has 1 fully saturated rings. The van der Waals surface area contributed by atoms with Gasteiger partial charge in [-0.25, -0.2) is 0 Å². The maximum atomic E-state index is 12.5. The maximum Gasteiger partial charge on any atom is 0.247 e. The Kier molecular flexibility index (Phi) is 5.12. The molecule has 1 aromatic rings. The summed E-state index contributed by atoms with van der Waals surface area (Å²) < 4.78 is 0. The molecule has 0 spiro atoms. The fraction of sp³-hybridized carbons (Fsp3) is 0.529. The van der Waals surface area contributed by atoms with Gasteiger partial charge in [0.1, 0.15) is 5.54 Å². The van der Waals surface area contributed by atoms with Gasteiger partial charge in [0.15, 0.2) is 0 Å². The second-order valence-corrected chi connectivity index (χ2v) is 6.98. The Labute approximate surface area is 136 Å². The quantitative estimate of drug-likeness (QED) is 0.926. The summed E-state index contributed by atoms with van der Waals surface area (Å²) >= 11 is 5.90. The number of nitrogens with one attached hydrogen (secondary N) is 1. The van der Waals surface area contributed by atoms with Gasteiger partial charge in [0, 0.05) is 25.0 Å². The topological polar surface area (TPSA) is 49.4 Å². The number of carbonyl (C=O) groups excluding carboxylic acids is 2. The van der Waals surface area contributed by atoms with E-state index in [1.165, 1.54) is 12.5 Å². The van der Waals surface area contributed by atoms with Gasteiger partial charge in [0.05, 0.1) is 0 Å². The number of amides is 2. The summed E-state index contributed by atoms with van der Waals surface area (Å²) in [6.45, 7) is 6.43. The summed E-state index contributed by atoms with van der Waals surface area (Å²) in [4.78, 5) is 25.6. The lowest BCUT2D eigenvalue weighted by atomic mass is 9.98. The van der Waals surface area contributed by atoms with Crippen LogP contribution in [-0.2, 0) is 16.0 Å². The highest BCUT2D eigenvalue weighted by Crippen LogP contribution is 2.24. The number of hydrogen-bond acceptors (Lipinski definition) is 2. The molecule has 2 amide bonds. The van der Waals surface area contributed by atoms with Crippen molar-refractivity contribution in [3.05, 3.63) is 34.9 Å². The van der Waals surface area contributed by atoms with Gasteiger partial charge in [-0.1, -0.05) is 23.7 Å². The van der Waals surface area contributed by atoms with Gasteiger partial charge in [-0.3, -0.25) is 9.59 Å². The highest BCUT2D eigenvalue weighted by Gasteiger charge is 2.36. The summed E-state index contributed by atoms with van der Waals surface area (Å²) in [5, 5.41) is 3.46. The molecule has 5 heteroatoms. The van der Waals surface area contributed by atoms with Crippen molar-refractivity contribution in [1.82, 2.24) is 10.2 Å². The highest BCUT2D eigenvalue weighted by atomic mass is 35.5. The zero-order valence-electron chi connectivity index (χ0n) is 13.4. The van der Waals surface area contributed by atoms with Crippen LogP contribution in [0.3, 0.4) is 0 Å². The standard InChI is InChI=1S/C17H23ClN2O2/c1-12(21)19-17(2,3)16(22)20-9-8-14(11-20)10-13-4-6-15(18)7-5-13/h4-7,14H,8-11H2,1-3H3,(H,19,21). The summed E-state index contributed by atoms with van der Waals surface area (Å²) in [5.41, 5.74) is 0.394. The molecule has 120 valence electrons. The average molecular weight is 323 g/mol. The van der Waals surface area contributed by atoms with Crippen molar-refractivity contribution in [2.45, 2.75) is 39.2 Å². The summed E-state index contributed by atoms with van der Waals surface area (Å²) in [7, 11) is 0. The third-order valence-corrected chi connectivity index (χ3v) is 4.29. The highest BCUT2D eigenvalue weighted by molar-refractivity contribution is 6.30. The number of carbonyl (C=O) groups is 2. The second-order valence-electron chi connectivity index (χ2n) is 6.54. The molecule has 0 aromatic heterocycles. The second kappa shape index (κ2) is 6.69. The van der Waals surface area contributed by atoms with E-state index in [0.717, 1.165) is 31.0 Å². The zero-order chi connectivity index (χ0) is 16.3. The van der Waals surface area contributed by atoms with E-state index in [1.54, 1.807) is 13.8 Å². The number of likely N-dealkylation sites (tertiary alicyclic amines) is 1. The largest absolute Gasteiger partial charge is 0.342 e. The molecule has 0 aliphatic carbocycles. The van der Waals surface area contributed by atoms with Crippen LogP contribution in [0.5, 0.6) is 0 Å². The molecule has 1 aromatic carbocycles. The first-order valence-corrected chi connectivity index (χ1v) is 7.98. The predicted octanol–water partition coefficient (Wildman–Crippen LogP) is 2.65. The normalized spacial score (nSPS) is 18.4. The first-order chi connectivity index (χ1) is 10.3. The van der Waals surface area contributed by atoms with Crippen LogP contribution in [0.25, 0.3) is 0 Å². The third-order valence-electron chi connectivity index (χ3n) is 4.03. The van der Waals surface area contributed by atoms with Gasteiger partial charge in [0.25, 0.3) is 0 Å². The molecule has 0 bridgehead atoms. The molecule has 1 N–H and O–H groups in total. The van der Waals surface area contributed by atoms with E-state index in [9.17, 15) is 9.59 Å². The Balaban J connectivity index is 1.93. The third kappa shape index (κ3) is 4.23. The molecule has 1 aliphatic rings. The van der Waals surface area contributed by atoms with Crippen molar-refractivity contribution in [2.75, 3.05) is 13.1 Å². The Morgan fingerprint density at radius 3 is 2.55 bits per heavy atom. The SMILES string of the molecule is CC(=O)NC(C)(C)C(=O)N1CCC(Cc2ccc(Cl)cc2)C1. The monoisotopic (exact) mass is 322 g/mol. The fourth-order valence-corrected chi connectivity index (χ4v) is 3.15. The van der Waals surface area contributed by atoms with Crippen molar-refractivity contribution in [1.29, 1.82) is 0 Å². The van der Waals surface area contributed by atoms with Crippen LogP contribution in [-0.4, -0.2) is 35.3 Å². The molecule has 4 nitrogen and oxygen atoms in total. The predicted molar refractivity (Wildman–Crippen MR) is 87.7 cm³/mol. The summed E-state index contributed by atoms with van der Waals surface area (Å²) in [5.74, 6) is 0.259. The van der Waals surface area contributed by atoms with E-state index in [1.807, 2.05) is 29.2 Å². The Morgan fingerprint density at radius 1 is 1.32 bits per heavy atom. The number of halogens is 1. The van der Waals surface area contributed by atoms with Gasteiger partial charge >= 0.3 is 0 Å². The van der Waals surface area contributed by atoms with Crippen molar-refractivity contribution >= 4 is 23.4 Å². The van der Waals surface area contributed by atoms with Crippen LogP contribution >= 0.6 is 11.6 Å². The summed E-state index contributed by atoms with van der Waals surface area (Å²) in [6, 6.07) is 7.87. The van der Waals surface area contributed by atoms with Gasteiger partial charge in [-0.15, -0.1) is 0 Å². The number of rotatable bonds is 4. The first kappa shape index (κ1) is 16.8. The Bertz CT molecular complexity index is 554. The molecular weight excluding hydrogens is 300 g/mol. The fourth-order valence-electron chi connectivity index (χ4n) is 3.03. The lowest BCUT2D eigenvalue weighted by Gasteiger charge is -2.29. The number of hydrogen-bond donors (Lipinski definition) is 1. The molecule has 1 heterocycles. The molecular formula is C17H23ClN2O2. The molecule has 0 saturated carbocycles. The van der Waals surface area contributed by atoms with Crippen LogP contribution in [0.4, 0.5) is 0 Å². The molecule has 1 unspecified atom stereocenters. The Hall–Kier alpha value is -1.55. The molecule has 1 aliphatic heterocycles. The van der Waals surface area contributed by atoms with Gasteiger partial charge in [0.2, 0.25) is 11.8 Å². The van der Waals surface area contributed by atoms with Gasteiger partial charge in [-0.2, -0.15) is 0 Å². The number of benzene rings is 1.